The smallest absolute Gasteiger partial charge is 0.256 e. The molecular weight excluding hydrogens is 130 g/mol. The van der Waals surface area contributed by atoms with Crippen LogP contribution in [0.5, 0.6) is 0 Å². The third-order valence-electron chi connectivity index (χ3n) is 1.13. The summed E-state index contributed by atoms with van der Waals surface area (Å²) in [5.74, 6) is -0.124. The van der Waals surface area contributed by atoms with Crippen LogP contribution >= 0.6 is 0 Å². The van der Waals surface area contributed by atoms with Gasteiger partial charge in [0, 0.05) is 6.21 Å². The van der Waals surface area contributed by atoms with Crippen LogP contribution in [0.25, 0.3) is 0 Å². The average Bonchev–Trinajstić information content (AvgIpc) is 1.98. The second kappa shape index (κ2) is 4.93. The van der Waals surface area contributed by atoms with Crippen molar-refractivity contribution in [1.82, 2.24) is 10.7 Å². The zero-order valence-corrected chi connectivity index (χ0v) is 6.51. The lowest BCUT2D eigenvalue weighted by atomic mass is 10.3. The van der Waals surface area contributed by atoms with E-state index in [-0.39, 0.29) is 11.9 Å². The zero-order chi connectivity index (χ0) is 7.98. The molecule has 0 bridgehead atoms. The van der Waals surface area contributed by atoms with Crippen LogP contribution in [0.2, 0.25) is 0 Å². The maximum Gasteiger partial charge on any atom is 0.256 e. The van der Waals surface area contributed by atoms with Crippen molar-refractivity contribution in [2.24, 2.45) is 5.10 Å². The summed E-state index contributed by atoms with van der Waals surface area (Å²) in [6.07, 6.45) is 1.53. The molecule has 1 atom stereocenters. The Morgan fingerprint density at radius 2 is 2.30 bits per heavy atom. The number of likely N-dealkylation sites (N-methyl/N-ethyl adjacent to an activating group) is 1. The molecule has 0 aliphatic rings. The number of rotatable bonds is 3. The van der Waals surface area contributed by atoms with Gasteiger partial charge in [-0.2, -0.15) is 5.10 Å². The molecule has 4 nitrogen and oxygen atoms in total. The number of carbonyl (C=O) groups is 1. The van der Waals surface area contributed by atoms with Crippen molar-refractivity contribution in [2.45, 2.75) is 19.9 Å². The molecular formula is C6H13N3O. The standard InChI is InChI=1S/C6H13N3O/c1-4-8-9-6(10)5(2)7-3/h4-5,7H,1-3H3,(H,9,10)/b8-4+. The molecule has 0 fully saturated rings. The molecule has 0 aromatic rings. The number of amides is 1. The number of nitrogens with one attached hydrogen (secondary N) is 2. The number of hydrogen-bond acceptors (Lipinski definition) is 3. The van der Waals surface area contributed by atoms with E-state index < -0.39 is 0 Å². The van der Waals surface area contributed by atoms with Gasteiger partial charge in [0.05, 0.1) is 6.04 Å². The summed E-state index contributed by atoms with van der Waals surface area (Å²) >= 11 is 0. The molecule has 2 N–H and O–H groups in total. The number of nitrogens with zero attached hydrogens (tertiary/aromatic N) is 1. The van der Waals surface area contributed by atoms with E-state index >= 15 is 0 Å². The molecule has 1 unspecified atom stereocenters. The van der Waals surface area contributed by atoms with Crippen LogP contribution in [0.1, 0.15) is 13.8 Å². The highest BCUT2D eigenvalue weighted by molar-refractivity contribution is 5.81. The molecule has 0 radical (unpaired) electrons. The Kier molecular flexibility index (Phi) is 4.49. The highest BCUT2D eigenvalue weighted by Gasteiger charge is 2.06. The lowest BCUT2D eigenvalue weighted by Crippen LogP contribution is -2.38. The van der Waals surface area contributed by atoms with E-state index in [9.17, 15) is 4.79 Å². The molecule has 0 aromatic heterocycles. The van der Waals surface area contributed by atoms with Gasteiger partial charge in [0.2, 0.25) is 0 Å². The Bertz CT molecular complexity index is 133. The van der Waals surface area contributed by atoms with Gasteiger partial charge in [-0.25, -0.2) is 5.43 Å². The molecule has 10 heavy (non-hydrogen) atoms. The van der Waals surface area contributed by atoms with Crippen molar-refractivity contribution in [3.05, 3.63) is 0 Å². The molecule has 4 heteroatoms. The minimum absolute atomic E-state index is 0.124. The quantitative estimate of drug-likeness (QED) is 0.421. The Labute approximate surface area is 60.7 Å². The molecule has 58 valence electrons. The fourth-order valence-electron chi connectivity index (χ4n) is 0.356. The van der Waals surface area contributed by atoms with Crippen LogP contribution in [0.3, 0.4) is 0 Å². The van der Waals surface area contributed by atoms with Crippen molar-refractivity contribution in [3.8, 4) is 0 Å². The van der Waals surface area contributed by atoms with Crippen molar-refractivity contribution in [1.29, 1.82) is 0 Å². The van der Waals surface area contributed by atoms with Crippen LogP contribution in [-0.2, 0) is 4.79 Å². The van der Waals surface area contributed by atoms with Gasteiger partial charge < -0.3 is 5.32 Å². The molecule has 0 aromatic carbocycles. The molecule has 0 spiro atoms. The number of carbonyl (C=O) groups excluding carboxylic acids is 1. The van der Waals surface area contributed by atoms with Gasteiger partial charge in [-0.1, -0.05) is 0 Å². The molecule has 0 aliphatic carbocycles. The van der Waals surface area contributed by atoms with E-state index in [1.54, 1.807) is 20.9 Å². The Balaban J connectivity index is 3.62. The first-order valence-electron chi connectivity index (χ1n) is 3.17. The van der Waals surface area contributed by atoms with Crippen LogP contribution in [-0.4, -0.2) is 25.2 Å². The summed E-state index contributed by atoms with van der Waals surface area (Å²) in [5, 5.41) is 6.36. The zero-order valence-electron chi connectivity index (χ0n) is 6.51. The topological polar surface area (TPSA) is 53.5 Å². The predicted octanol–water partition coefficient (Wildman–Crippen LogP) is -0.284. The highest BCUT2D eigenvalue weighted by atomic mass is 16.2. The van der Waals surface area contributed by atoms with Crippen molar-refractivity contribution < 1.29 is 4.79 Å². The lowest BCUT2D eigenvalue weighted by molar-refractivity contribution is -0.122. The van der Waals surface area contributed by atoms with Crippen molar-refractivity contribution >= 4 is 12.1 Å². The summed E-state index contributed by atoms with van der Waals surface area (Å²) in [5.41, 5.74) is 2.35. The van der Waals surface area contributed by atoms with Gasteiger partial charge in [0.15, 0.2) is 0 Å². The number of hydrazone groups is 1. The highest BCUT2D eigenvalue weighted by Crippen LogP contribution is 1.77. The normalized spacial score (nSPS) is 13.5. The monoisotopic (exact) mass is 143 g/mol. The fourth-order valence-corrected chi connectivity index (χ4v) is 0.356. The van der Waals surface area contributed by atoms with Crippen LogP contribution in [0.15, 0.2) is 5.10 Å². The lowest BCUT2D eigenvalue weighted by Gasteiger charge is -2.06. The molecule has 0 saturated carbocycles. The van der Waals surface area contributed by atoms with Gasteiger partial charge in [0.1, 0.15) is 0 Å². The largest absolute Gasteiger partial charge is 0.309 e. The first-order chi connectivity index (χ1) is 4.72. The van der Waals surface area contributed by atoms with E-state index in [1.165, 1.54) is 6.21 Å². The van der Waals surface area contributed by atoms with Crippen LogP contribution in [0, 0.1) is 0 Å². The summed E-state index contributed by atoms with van der Waals surface area (Å²) < 4.78 is 0. The average molecular weight is 143 g/mol. The minimum Gasteiger partial charge on any atom is -0.309 e. The third-order valence-corrected chi connectivity index (χ3v) is 1.13. The summed E-state index contributed by atoms with van der Waals surface area (Å²) in [7, 11) is 1.72. The van der Waals surface area contributed by atoms with E-state index in [2.05, 4.69) is 15.8 Å². The van der Waals surface area contributed by atoms with Crippen LogP contribution < -0.4 is 10.7 Å². The van der Waals surface area contributed by atoms with E-state index in [1.807, 2.05) is 0 Å². The molecule has 0 rings (SSSR count). The SMILES string of the molecule is C/C=N/NC(=O)C(C)NC. The van der Waals surface area contributed by atoms with Gasteiger partial charge in [-0.3, -0.25) is 4.79 Å². The van der Waals surface area contributed by atoms with Gasteiger partial charge in [0.25, 0.3) is 5.91 Å². The summed E-state index contributed by atoms with van der Waals surface area (Å²) in [4.78, 5) is 10.8. The van der Waals surface area contributed by atoms with Gasteiger partial charge >= 0.3 is 0 Å². The summed E-state index contributed by atoms with van der Waals surface area (Å²) in [6.45, 7) is 3.50. The molecule has 0 heterocycles. The maximum atomic E-state index is 10.8. The molecule has 1 amide bonds. The predicted molar refractivity (Wildman–Crippen MR) is 40.8 cm³/mol. The van der Waals surface area contributed by atoms with E-state index in [4.69, 9.17) is 0 Å². The first-order valence-corrected chi connectivity index (χ1v) is 3.17. The molecule has 0 saturated heterocycles. The van der Waals surface area contributed by atoms with Crippen molar-refractivity contribution in [3.63, 3.8) is 0 Å². The fraction of sp³-hybridized carbons (Fsp3) is 0.667. The van der Waals surface area contributed by atoms with E-state index in [0.717, 1.165) is 0 Å². The Hall–Kier alpha value is -0.900. The Morgan fingerprint density at radius 3 is 2.70 bits per heavy atom. The van der Waals surface area contributed by atoms with E-state index in [0.29, 0.717) is 0 Å². The third kappa shape index (κ3) is 3.19. The minimum atomic E-state index is -0.191. The van der Waals surface area contributed by atoms with Gasteiger partial charge in [-0.05, 0) is 20.9 Å². The second-order valence-corrected chi connectivity index (χ2v) is 1.87. The maximum absolute atomic E-state index is 10.8. The molecule has 0 aliphatic heterocycles. The summed E-state index contributed by atoms with van der Waals surface area (Å²) in [6, 6.07) is -0.191. The van der Waals surface area contributed by atoms with Crippen molar-refractivity contribution in [2.75, 3.05) is 7.05 Å². The number of hydrogen-bond donors (Lipinski definition) is 2. The Morgan fingerprint density at radius 1 is 1.70 bits per heavy atom. The van der Waals surface area contributed by atoms with Crippen LogP contribution in [0.4, 0.5) is 0 Å². The first kappa shape index (κ1) is 9.10. The van der Waals surface area contributed by atoms with Gasteiger partial charge in [-0.15, -0.1) is 0 Å². The second-order valence-electron chi connectivity index (χ2n) is 1.87.